The molecule has 160 valence electrons. The minimum Gasteiger partial charge on any atom is -0.496 e. The molecule has 0 unspecified atom stereocenters. The number of rotatable bonds is 7. The Hall–Kier alpha value is -1.87. The Morgan fingerprint density at radius 2 is 1.74 bits per heavy atom. The number of hydrogen-bond acceptors (Lipinski definition) is 4. The fourth-order valence-corrected chi connectivity index (χ4v) is 4.55. The van der Waals surface area contributed by atoms with Crippen LogP contribution in [0.5, 0.6) is 11.5 Å². The number of benzene rings is 3. The van der Waals surface area contributed by atoms with Crippen LogP contribution in [-0.2, 0) is 6.61 Å². The first-order chi connectivity index (χ1) is 14.9. The van der Waals surface area contributed by atoms with Crippen molar-refractivity contribution in [2.24, 2.45) is 5.10 Å². The van der Waals surface area contributed by atoms with Gasteiger partial charge in [-0.05, 0) is 85.5 Å². The van der Waals surface area contributed by atoms with Crippen molar-refractivity contribution in [2.75, 3.05) is 7.11 Å². The smallest absolute Gasteiger partial charge is 0.275 e. The lowest BCUT2D eigenvalue weighted by Gasteiger charge is -2.11. The number of carbonyl (C=O) groups excluding carboxylic acids is 1. The monoisotopic (exact) mass is 628 g/mol. The Bertz CT molecular complexity index is 1100. The average molecular weight is 632 g/mol. The molecule has 0 atom stereocenters. The van der Waals surface area contributed by atoms with E-state index >= 15 is 0 Å². The fraction of sp³-hybridized carbons (Fsp3) is 0.0909. The van der Waals surface area contributed by atoms with E-state index in [0.717, 1.165) is 24.5 Å². The summed E-state index contributed by atoms with van der Waals surface area (Å²) in [5.74, 6) is 0.744. The third kappa shape index (κ3) is 6.55. The highest BCUT2D eigenvalue weighted by molar-refractivity contribution is 9.11. The van der Waals surface area contributed by atoms with Crippen molar-refractivity contribution in [3.8, 4) is 11.5 Å². The van der Waals surface area contributed by atoms with Gasteiger partial charge in [-0.15, -0.1) is 0 Å². The molecule has 0 spiro atoms. The first kappa shape index (κ1) is 23.8. The zero-order chi connectivity index (χ0) is 22.4. The maximum Gasteiger partial charge on any atom is 0.275 e. The maximum atomic E-state index is 12.4. The van der Waals surface area contributed by atoms with E-state index in [-0.39, 0.29) is 5.91 Å². The molecule has 1 N–H and O–H groups in total. The van der Waals surface area contributed by atoms with E-state index in [1.54, 1.807) is 24.4 Å². The molecule has 0 aromatic heterocycles. The molecule has 1 amide bonds. The van der Waals surface area contributed by atoms with E-state index in [1.807, 2.05) is 36.4 Å². The molecular formula is C22H16Br3ClN2O3. The van der Waals surface area contributed by atoms with Crippen LogP contribution in [0.2, 0.25) is 5.02 Å². The van der Waals surface area contributed by atoms with Crippen LogP contribution >= 0.6 is 59.4 Å². The normalized spacial score (nSPS) is 10.9. The molecule has 0 heterocycles. The molecule has 0 aliphatic rings. The van der Waals surface area contributed by atoms with Crippen molar-refractivity contribution in [1.29, 1.82) is 0 Å². The molecule has 9 heteroatoms. The van der Waals surface area contributed by atoms with Gasteiger partial charge in [0.25, 0.3) is 5.91 Å². The molecule has 0 bridgehead atoms. The molecule has 3 aromatic carbocycles. The van der Waals surface area contributed by atoms with Gasteiger partial charge >= 0.3 is 0 Å². The van der Waals surface area contributed by atoms with Crippen molar-refractivity contribution < 1.29 is 14.3 Å². The van der Waals surface area contributed by atoms with Crippen LogP contribution in [0, 0.1) is 0 Å². The van der Waals surface area contributed by atoms with Gasteiger partial charge in [-0.2, -0.15) is 5.10 Å². The van der Waals surface area contributed by atoms with Gasteiger partial charge in [-0.3, -0.25) is 4.79 Å². The highest BCUT2D eigenvalue weighted by Crippen LogP contribution is 2.35. The van der Waals surface area contributed by atoms with Crippen molar-refractivity contribution in [3.05, 3.63) is 89.7 Å². The Kier molecular flexibility index (Phi) is 8.54. The Morgan fingerprint density at radius 1 is 1.06 bits per heavy atom. The number of ether oxygens (including phenoxy) is 2. The molecule has 0 radical (unpaired) electrons. The first-order valence-corrected chi connectivity index (χ1v) is 11.7. The van der Waals surface area contributed by atoms with Crippen molar-refractivity contribution in [1.82, 2.24) is 5.43 Å². The lowest BCUT2D eigenvalue weighted by molar-refractivity contribution is 0.0952. The zero-order valence-corrected chi connectivity index (χ0v) is 21.7. The Morgan fingerprint density at radius 3 is 2.39 bits per heavy atom. The highest BCUT2D eigenvalue weighted by Gasteiger charge is 2.12. The second-order valence-corrected chi connectivity index (χ2v) is 9.33. The van der Waals surface area contributed by atoms with Gasteiger partial charge in [-0.25, -0.2) is 5.43 Å². The van der Waals surface area contributed by atoms with Crippen LogP contribution < -0.4 is 14.9 Å². The maximum absolute atomic E-state index is 12.4. The van der Waals surface area contributed by atoms with E-state index in [2.05, 4.69) is 58.3 Å². The van der Waals surface area contributed by atoms with Crippen LogP contribution in [0.15, 0.2) is 73.1 Å². The molecule has 0 aliphatic carbocycles. The standard InChI is InChI=1S/C22H16Br3ClN2O3/c1-30-20-7-4-15(23)10-17(20)22(29)28-27-11-14-8-18(24)21(19(25)9-14)31-12-13-2-5-16(26)6-3-13/h2-11H,12H2,1H3,(H,28,29)/b27-11-. The third-order valence-corrected chi connectivity index (χ3v) is 6.03. The predicted molar refractivity (Wildman–Crippen MR) is 133 cm³/mol. The molecule has 0 aliphatic heterocycles. The largest absolute Gasteiger partial charge is 0.496 e. The number of hydrazone groups is 1. The SMILES string of the molecule is COc1ccc(Br)cc1C(=O)N/N=C\c1cc(Br)c(OCc2ccc(Cl)cc2)c(Br)c1. The first-order valence-electron chi connectivity index (χ1n) is 8.90. The second kappa shape index (κ2) is 11.1. The molecular weight excluding hydrogens is 615 g/mol. The lowest BCUT2D eigenvalue weighted by atomic mass is 10.2. The van der Waals surface area contributed by atoms with Crippen LogP contribution in [0.4, 0.5) is 0 Å². The van der Waals surface area contributed by atoms with Crippen LogP contribution in [0.1, 0.15) is 21.5 Å². The molecule has 0 fully saturated rings. The van der Waals surface area contributed by atoms with Gasteiger partial charge in [0, 0.05) is 9.50 Å². The lowest BCUT2D eigenvalue weighted by Crippen LogP contribution is -2.18. The summed E-state index contributed by atoms with van der Waals surface area (Å²) in [7, 11) is 1.51. The molecule has 5 nitrogen and oxygen atoms in total. The number of nitrogens with one attached hydrogen (secondary N) is 1. The number of nitrogens with zero attached hydrogens (tertiary/aromatic N) is 1. The summed E-state index contributed by atoms with van der Waals surface area (Å²) < 4.78 is 13.4. The van der Waals surface area contributed by atoms with Gasteiger partial charge in [0.2, 0.25) is 0 Å². The van der Waals surface area contributed by atoms with E-state index in [0.29, 0.717) is 28.7 Å². The Labute approximate surface area is 210 Å². The number of hydrogen-bond donors (Lipinski definition) is 1. The summed E-state index contributed by atoms with van der Waals surface area (Å²) in [6.07, 6.45) is 1.54. The highest BCUT2D eigenvalue weighted by atomic mass is 79.9. The van der Waals surface area contributed by atoms with Crippen molar-refractivity contribution in [2.45, 2.75) is 6.61 Å². The fourth-order valence-electron chi connectivity index (χ4n) is 2.61. The Balaban J connectivity index is 1.67. The van der Waals surface area contributed by atoms with E-state index in [9.17, 15) is 4.79 Å². The summed E-state index contributed by atoms with van der Waals surface area (Å²) >= 11 is 16.3. The number of amides is 1. The molecule has 0 saturated heterocycles. The third-order valence-electron chi connectivity index (χ3n) is 4.10. The van der Waals surface area contributed by atoms with E-state index in [1.165, 1.54) is 7.11 Å². The van der Waals surface area contributed by atoms with E-state index in [4.69, 9.17) is 21.1 Å². The van der Waals surface area contributed by atoms with E-state index < -0.39 is 0 Å². The quantitative estimate of drug-likeness (QED) is 0.226. The van der Waals surface area contributed by atoms with Gasteiger partial charge in [0.05, 0.1) is 27.8 Å². The van der Waals surface area contributed by atoms with Gasteiger partial charge in [0.1, 0.15) is 18.1 Å². The minimum atomic E-state index is -0.379. The average Bonchev–Trinajstić information content (AvgIpc) is 2.74. The zero-order valence-electron chi connectivity index (χ0n) is 16.2. The van der Waals surface area contributed by atoms with Crippen molar-refractivity contribution >= 4 is 71.5 Å². The second-order valence-electron chi connectivity index (χ2n) is 6.27. The molecule has 31 heavy (non-hydrogen) atoms. The number of halogens is 4. The summed E-state index contributed by atoms with van der Waals surface area (Å²) in [5, 5.41) is 4.73. The summed E-state index contributed by atoms with van der Waals surface area (Å²) in [4.78, 5) is 12.4. The van der Waals surface area contributed by atoms with Crippen LogP contribution in [0.3, 0.4) is 0 Å². The minimum absolute atomic E-state index is 0.377. The summed E-state index contributed by atoms with van der Waals surface area (Å²) in [5.41, 5.74) is 4.65. The van der Waals surface area contributed by atoms with Gasteiger partial charge < -0.3 is 9.47 Å². The summed E-state index contributed by atoms with van der Waals surface area (Å²) in [6, 6.07) is 16.3. The van der Waals surface area contributed by atoms with Gasteiger partial charge in [0.15, 0.2) is 0 Å². The molecule has 3 rings (SSSR count). The predicted octanol–water partition coefficient (Wildman–Crippen LogP) is 6.98. The molecule has 0 saturated carbocycles. The summed E-state index contributed by atoms with van der Waals surface area (Å²) in [6.45, 7) is 0.395. The van der Waals surface area contributed by atoms with Crippen LogP contribution in [0.25, 0.3) is 0 Å². The topological polar surface area (TPSA) is 59.9 Å². The number of carbonyl (C=O) groups is 1. The number of methoxy groups -OCH3 is 1. The van der Waals surface area contributed by atoms with Crippen molar-refractivity contribution in [3.63, 3.8) is 0 Å². The van der Waals surface area contributed by atoms with Crippen LogP contribution in [-0.4, -0.2) is 19.2 Å². The van der Waals surface area contributed by atoms with Gasteiger partial charge in [-0.1, -0.05) is 39.7 Å². The molecule has 3 aromatic rings.